The van der Waals surface area contributed by atoms with Crippen LogP contribution < -0.4 is 10.6 Å². The predicted molar refractivity (Wildman–Crippen MR) is 134 cm³/mol. The van der Waals surface area contributed by atoms with Gasteiger partial charge in [-0.25, -0.2) is 9.37 Å². The fraction of sp³-hybridized carbons (Fsp3) is 0.148. The van der Waals surface area contributed by atoms with E-state index in [2.05, 4.69) is 27.2 Å². The van der Waals surface area contributed by atoms with Crippen LogP contribution >= 0.6 is 0 Å². The van der Waals surface area contributed by atoms with Crippen LogP contribution in [0, 0.1) is 12.7 Å². The van der Waals surface area contributed by atoms with E-state index >= 15 is 0 Å². The molecule has 0 bridgehead atoms. The van der Waals surface area contributed by atoms with Crippen LogP contribution in [-0.2, 0) is 17.9 Å². The highest BCUT2D eigenvalue weighted by Gasteiger charge is 2.14. The summed E-state index contributed by atoms with van der Waals surface area (Å²) >= 11 is 0. The first-order valence-corrected chi connectivity index (χ1v) is 11.2. The molecular weight excluding hydrogens is 459 g/mol. The summed E-state index contributed by atoms with van der Waals surface area (Å²) in [4.78, 5) is 32.6. The van der Waals surface area contributed by atoms with Crippen molar-refractivity contribution >= 4 is 11.8 Å². The molecule has 0 spiro atoms. The highest BCUT2D eigenvalue weighted by atomic mass is 19.1. The number of amides is 2. The third kappa shape index (κ3) is 5.69. The lowest BCUT2D eigenvalue weighted by Gasteiger charge is -2.11. The molecule has 1 aromatic carbocycles. The molecule has 4 rings (SSSR count). The van der Waals surface area contributed by atoms with Crippen molar-refractivity contribution < 1.29 is 14.0 Å². The van der Waals surface area contributed by atoms with E-state index in [0.29, 0.717) is 23.6 Å². The molecule has 8 nitrogen and oxygen atoms in total. The van der Waals surface area contributed by atoms with Crippen molar-refractivity contribution in [2.75, 3.05) is 7.05 Å². The van der Waals surface area contributed by atoms with Gasteiger partial charge in [0.15, 0.2) is 0 Å². The molecule has 0 aliphatic heterocycles. The summed E-state index contributed by atoms with van der Waals surface area (Å²) in [6.07, 6.45) is 4.73. The Hall–Kier alpha value is -4.66. The Morgan fingerprint density at radius 3 is 2.61 bits per heavy atom. The van der Waals surface area contributed by atoms with Gasteiger partial charge in [0.05, 0.1) is 17.9 Å². The van der Waals surface area contributed by atoms with Crippen LogP contribution in [0.2, 0.25) is 0 Å². The predicted octanol–water partition coefficient (Wildman–Crippen LogP) is 3.66. The van der Waals surface area contributed by atoms with Crippen molar-refractivity contribution in [1.29, 1.82) is 0 Å². The van der Waals surface area contributed by atoms with Crippen molar-refractivity contribution in [3.63, 3.8) is 0 Å². The summed E-state index contributed by atoms with van der Waals surface area (Å²) in [6, 6.07) is 13.5. The molecule has 3 aromatic heterocycles. The number of aryl methyl sites for hydroxylation is 1. The number of nitrogens with one attached hydrogen (secondary N) is 2. The first kappa shape index (κ1) is 24.5. The zero-order chi connectivity index (χ0) is 25.7. The van der Waals surface area contributed by atoms with Gasteiger partial charge < -0.3 is 10.6 Å². The Labute approximate surface area is 207 Å². The Morgan fingerprint density at radius 1 is 1.11 bits per heavy atom. The quantitative estimate of drug-likeness (QED) is 0.372. The van der Waals surface area contributed by atoms with Crippen LogP contribution in [-0.4, -0.2) is 38.6 Å². The molecule has 0 saturated heterocycles. The topological polar surface area (TPSA) is 102 Å². The average molecular weight is 485 g/mol. The van der Waals surface area contributed by atoms with E-state index in [1.54, 1.807) is 36.1 Å². The Morgan fingerprint density at radius 2 is 1.89 bits per heavy atom. The first-order valence-electron chi connectivity index (χ1n) is 11.2. The molecule has 4 aromatic rings. The fourth-order valence-corrected chi connectivity index (χ4v) is 3.75. The molecule has 0 unspecified atom stereocenters. The van der Waals surface area contributed by atoms with E-state index in [1.807, 2.05) is 31.3 Å². The fourth-order valence-electron chi connectivity index (χ4n) is 3.75. The van der Waals surface area contributed by atoms with Crippen molar-refractivity contribution in [3.05, 3.63) is 102 Å². The zero-order valence-corrected chi connectivity index (χ0v) is 20.0. The van der Waals surface area contributed by atoms with Crippen LogP contribution in [0.15, 0.2) is 73.6 Å². The molecule has 36 heavy (non-hydrogen) atoms. The molecule has 0 aliphatic carbocycles. The lowest BCUT2D eigenvalue weighted by molar-refractivity contribution is -0.116. The van der Waals surface area contributed by atoms with Gasteiger partial charge in [0.1, 0.15) is 11.5 Å². The van der Waals surface area contributed by atoms with E-state index < -0.39 is 0 Å². The maximum atomic E-state index is 13.4. The smallest absolute Gasteiger partial charge is 0.269 e. The van der Waals surface area contributed by atoms with Crippen molar-refractivity contribution in [2.24, 2.45) is 0 Å². The molecule has 0 aliphatic rings. The number of hydrogen-bond donors (Lipinski definition) is 2. The number of hydrogen-bond acceptors (Lipinski definition) is 5. The average Bonchev–Trinajstić information content (AvgIpc) is 3.35. The number of rotatable bonds is 8. The maximum Gasteiger partial charge on any atom is 0.269 e. The number of carbonyl (C=O) groups is 2. The van der Waals surface area contributed by atoms with Crippen LogP contribution in [0.3, 0.4) is 0 Å². The van der Waals surface area contributed by atoms with Gasteiger partial charge >= 0.3 is 0 Å². The zero-order valence-electron chi connectivity index (χ0n) is 20.0. The summed E-state index contributed by atoms with van der Waals surface area (Å²) < 4.78 is 15.2. The molecular formula is C27H25FN6O2. The van der Waals surface area contributed by atoms with Crippen LogP contribution in [0.5, 0.6) is 0 Å². The molecule has 0 fully saturated rings. The van der Waals surface area contributed by atoms with E-state index in [9.17, 15) is 14.0 Å². The van der Waals surface area contributed by atoms with E-state index in [4.69, 9.17) is 5.10 Å². The maximum absolute atomic E-state index is 13.4. The molecule has 2 N–H and O–H groups in total. The lowest BCUT2D eigenvalue weighted by Crippen LogP contribution is -2.20. The Bertz CT molecular complexity index is 1430. The normalized spacial score (nSPS) is 10.6. The minimum atomic E-state index is -0.326. The minimum absolute atomic E-state index is 0.239. The lowest BCUT2D eigenvalue weighted by atomic mass is 10.0. The van der Waals surface area contributed by atoms with Crippen molar-refractivity contribution in [2.45, 2.75) is 20.0 Å². The van der Waals surface area contributed by atoms with E-state index in [-0.39, 0.29) is 24.2 Å². The number of pyridine rings is 2. The highest BCUT2D eigenvalue weighted by molar-refractivity contribution is 5.92. The van der Waals surface area contributed by atoms with Crippen LogP contribution in [0.4, 0.5) is 4.39 Å². The monoisotopic (exact) mass is 484 g/mol. The van der Waals surface area contributed by atoms with Gasteiger partial charge in [0.25, 0.3) is 5.91 Å². The Kier molecular flexibility index (Phi) is 7.29. The summed E-state index contributed by atoms with van der Waals surface area (Å²) in [7, 11) is 1.57. The molecule has 182 valence electrons. The molecule has 2 amide bonds. The summed E-state index contributed by atoms with van der Waals surface area (Å²) in [6.45, 7) is 5.99. The number of halogens is 1. The third-order valence-electron chi connectivity index (χ3n) is 5.50. The van der Waals surface area contributed by atoms with Crippen LogP contribution in [0.25, 0.3) is 22.5 Å². The first-order chi connectivity index (χ1) is 17.4. The summed E-state index contributed by atoms with van der Waals surface area (Å²) in [5.41, 5.74) is 5.60. The molecule has 0 saturated carbocycles. The minimum Gasteiger partial charge on any atom is -0.354 e. The number of carbonyl (C=O) groups excluding carboxylic acids is 2. The molecule has 3 heterocycles. The number of nitrogens with zero attached hydrogens (tertiary/aromatic N) is 4. The van der Waals surface area contributed by atoms with Gasteiger partial charge in [0, 0.05) is 42.8 Å². The van der Waals surface area contributed by atoms with Gasteiger partial charge in [-0.15, -0.1) is 0 Å². The highest BCUT2D eigenvalue weighted by Crippen LogP contribution is 2.27. The van der Waals surface area contributed by atoms with Gasteiger partial charge in [-0.2, -0.15) is 5.10 Å². The second kappa shape index (κ2) is 10.7. The Balaban J connectivity index is 1.67. The second-order valence-corrected chi connectivity index (χ2v) is 8.14. The van der Waals surface area contributed by atoms with E-state index in [0.717, 1.165) is 27.9 Å². The van der Waals surface area contributed by atoms with Crippen LogP contribution in [0.1, 0.15) is 27.3 Å². The van der Waals surface area contributed by atoms with Gasteiger partial charge in [-0.05, 0) is 72.7 Å². The van der Waals surface area contributed by atoms with E-state index in [1.165, 1.54) is 18.2 Å². The van der Waals surface area contributed by atoms with Gasteiger partial charge in [-0.3, -0.25) is 19.3 Å². The van der Waals surface area contributed by atoms with Crippen molar-refractivity contribution in [1.82, 2.24) is 30.4 Å². The SMILES string of the molecule is C=CC(=O)NCc1cnc(-c2ccc(F)cc2)cc1-c1ccn(Cc2cc(C)nc(C(=O)NC)c2)n1. The third-order valence-corrected chi connectivity index (χ3v) is 5.50. The van der Waals surface area contributed by atoms with Gasteiger partial charge in [0.2, 0.25) is 5.91 Å². The summed E-state index contributed by atoms with van der Waals surface area (Å²) in [5.74, 6) is -0.876. The largest absolute Gasteiger partial charge is 0.354 e. The van der Waals surface area contributed by atoms with Crippen molar-refractivity contribution in [3.8, 4) is 22.5 Å². The van der Waals surface area contributed by atoms with Gasteiger partial charge in [-0.1, -0.05) is 6.58 Å². The standard InChI is InChI=1S/C27H25FN6O2/c1-4-26(35)31-15-20-14-30-24(19-5-7-21(28)8-6-19)13-22(20)23-9-10-34(33-23)16-18-11-17(2)32-25(12-18)27(36)29-3/h4-14H,1,15-16H2,2-3H3,(H,29,36)(H,31,35). The number of aromatic nitrogens is 4. The molecule has 9 heteroatoms. The summed E-state index contributed by atoms with van der Waals surface area (Å²) in [5, 5.41) is 10.1. The second-order valence-electron chi connectivity index (χ2n) is 8.14. The molecule has 0 atom stereocenters. The number of benzene rings is 1. The molecule has 0 radical (unpaired) electrons.